The third-order valence-corrected chi connectivity index (χ3v) is 2.22. The first kappa shape index (κ1) is 36.0. The van der Waals surface area contributed by atoms with Crippen LogP contribution in [0.4, 0.5) is 0 Å². The van der Waals surface area contributed by atoms with Crippen molar-refractivity contribution in [3.05, 3.63) is 5.56 Å². The molecule has 0 aliphatic rings. The van der Waals surface area contributed by atoms with Gasteiger partial charge < -0.3 is 51.5 Å². The van der Waals surface area contributed by atoms with Crippen LogP contribution in [0.2, 0.25) is 0 Å². The Labute approximate surface area is 146 Å². The SMILES string of the molecule is N#Cc1c([S-])nsc1[S-].O.O.O.O.[Na+].[Na+]. The summed E-state index contributed by atoms with van der Waals surface area (Å²) in [5.41, 5.74) is 0.366. The maximum absolute atomic E-state index is 8.37. The third-order valence-electron chi connectivity index (χ3n) is 0.741. The van der Waals surface area contributed by atoms with Gasteiger partial charge in [0.15, 0.2) is 0 Å². The van der Waals surface area contributed by atoms with E-state index in [0.717, 1.165) is 11.5 Å². The predicted molar refractivity (Wildman–Crippen MR) is 52.5 cm³/mol. The zero-order valence-electron chi connectivity index (χ0n) is 8.12. The van der Waals surface area contributed by atoms with Crippen LogP contribution in [0.3, 0.4) is 0 Å². The summed E-state index contributed by atoms with van der Waals surface area (Å²) in [6, 6.07) is 1.88. The molecule has 6 nitrogen and oxygen atoms in total. The molecular weight excluding hydrogens is 282 g/mol. The van der Waals surface area contributed by atoms with Crippen LogP contribution in [-0.4, -0.2) is 26.3 Å². The van der Waals surface area contributed by atoms with Crippen LogP contribution in [0.5, 0.6) is 0 Å². The fourth-order valence-electron chi connectivity index (χ4n) is 0.355. The Kier molecular flexibility index (Phi) is 42.6. The van der Waals surface area contributed by atoms with E-state index in [1.807, 2.05) is 6.07 Å². The molecule has 0 saturated carbocycles. The van der Waals surface area contributed by atoms with Crippen LogP contribution >= 0.6 is 11.5 Å². The molecule has 0 bridgehead atoms. The Morgan fingerprint density at radius 2 is 1.47 bits per heavy atom. The molecule has 0 unspecified atom stereocenters. The molecule has 1 heterocycles. The van der Waals surface area contributed by atoms with Gasteiger partial charge in [0.05, 0.1) is 6.07 Å². The van der Waals surface area contributed by atoms with Crippen LogP contribution < -0.4 is 59.1 Å². The molecule has 0 aliphatic heterocycles. The Bertz CT molecular complexity index is 260. The van der Waals surface area contributed by atoms with E-state index in [1.54, 1.807) is 0 Å². The van der Waals surface area contributed by atoms with E-state index < -0.39 is 0 Å². The normalized spacial score (nSPS) is 5.27. The van der Waals surface area contributed by atoms with Gasteiger partial charge in [-0.2, -0.15) is 5.26 Å². The Balaban J connectivity index is -0.0000000337. The van der Waals surface area contributed by atoms with Gasteiger partial charge in [-0.05, 0) is 0 Å². The van der Waals surface area contributed by atoms with Crippen molar-refractivity contribution in [3.63, 3.8) is 0 Å². The second-order valence-corrected chi connectivity index (χ2v) is 3.09. The third kappa shape index (κ3) is 10.3. The summed E-state index contributed by atoms with van der Waals surface area (Å²) in [5, 5.41) is 8.70. The monoisotopic (exact) mass is 290 g/mol. The van der Waals surface area contributed by atoms with Gasteiger partial charge in [-0.15, -0.1) is 0 Å². The topological polar surface area (TPSA) is 163 Å². The molecule has 0 aliphatic carbocycles. The number of hydrogen-bond donors (Lipinski definition) is 0. The van der Waals surface area contributed by atoms with Crippen LogP contribution in [0.1, 0.15) is 5.56 Å². The second kappa shape index (κ2) is 17.8. The molecule has 1 aromatic heterocycles. The zero-order chi connectivity index (χ0) is 6.85. The van der Waals surface area contributed by atoms with Crippen molar-refractivity contribution in [1.29, 1.82) is 5.26 Å². The number of nitriles is 1. The maximum atomic E-state index is 8.37. The van der Waals surface area contributed by atoms with E-state index in [9.17, 15) is 0 Å². The minimum absolute atomic E-state index is 0. The maximum Gasteiger partial charge on any atom is 1.00 e. The van der Waals surface area contributed by atoms with Crippen molar-refractivity contribution in [2.75, 3.05) is 0 Å². The number of aromatic nitrogens is 1. The molecule has 15 heavy (non-hydrogen) atoms. The standard InChI is InChI=1S/C4H2N2S3.2Na.4H2O/c5-1-2-3(7)6-9-4(2)8;;;;;;/h8H,(H,6,7);;;4*1H2/q;2*+1;;;;/p-2. The predicted octanol–water partition coefficient (Wildman–Crippen LogP) is -8.46. The van der Waals surface area contributed by atoms with Crippen molar-refractivity contribution in [3.8, 4) is 6.07 Å². The summed E-state index contributed by atoms with van der Waals surface area (Å²) in [6.07, 6.45) is 0. The van der Waals surface area contributed by atoms with Gasteiger partial charge in [-0.25, -0.2) is 0 Å². The molecule has 0 radical (unpaired) electrons. The van der Waals surface area contributed by atoms with E-state index in [-0.39, 0.29) is 81.0 Å². The zero-order valence-corrected chi connectivity index (χ0v) is 14.6. The first-order chi connectivity index (χ1) is 4.25. The molecule has 0 aromatic carbocycles. The van der Waals surface area contributed by atoms with Crippen molar-refractivity contribution >= 4 is 36.8 Å². The fraction of sp³-hybridized carbons (Fsp3) is 0. The molecule has 1 rings (SSSR count). The number of hydrogen-bond acceptors (Lipinski definition) is 5. The van der Waals surface area contributed by atoms with Gasteiger partial charge >= 0.3 is 59.1 Å². The van der Waals surface area contributed by atoms with Crippen molar-refractivity contribution < 1.29 is 81.0 Å². The number of rotatable bonds is 0. The van der Waals surface area contributed by atoms with E-state index in [4.69, 9.17) is 17.9 Å². The van der Waals surface area contributed by atoms with Crippen LogP contribution in [-0.2, 0) is 25.3 Å². The fourth-order valence-corrected chi connectivity index (χ4v) is 1.49. The molecular formula is C4H8N2Na2O4S3. The first-order valence-electron chi connectivity index (χ1n) is 1.99. The van der Waals surface area contributed by atoms with Crippen LogP contribution in [0.15, 0.2) is 9.24 Å². The molecule has 78 valence electrons. The molecule has 1 aromatic rings. The quantitative estimate of drug-likeness (QED) is 0.342. The van der Waals surface area contributed by atoms with E-state index in [1.165, 1.54) is 0 Å². The van der Waals surface area contributed by atoms with Crippen molar-refractivity contribution in [2.45, 2.75) is 9.24 Å². The Hall–Kier alpha value is 1.40. The molecule has 0 atom stereocenters. The molecule has 0 fully saturated rings. The van der Waals surface area contributed by atoms with E-state index in [2.05, 4.69) is 17.0 Å². The van der Waals surface area contributed by atoms with Gasteiger partial charge in [-0.3, -0.25) is 11.5 Å². The van der Waals surface area contributed by atoms with Gasteiger partial charge in [0, 0.05) is 5.56 Å². The average Bonchev–Trinajstić information content (AvgIpc) is 2.12. The molecule has 0 amide bonds. The summed E-state index contributed by atoms with van der Waals surface area (Å²) in [5.74, 6) is 0. The minimum atomic E-state index is 0. The summed E-state index contributed by atoms with van der Waals surface area (Å²) in [7, 11) is 0. The van der Waals surface area contributed by atoms with Crippen LogP contribution in [0, 0.1) is 11.3 Å². The first-order valence-corrected chi connectivity index (χ1v) is 3.58. The van der Waals surface area contributed by atoms with Gasteiger partial charge in [0.2, 0.25) is 0 Å². The molecule has 11 heteroatoms. The molecule has 8 N–H and O–H groups in total. The Morgan fingerprint density at radius 1 is 1.07 bits per heavy atom. The second-order valence-electron chi connectivity index (χ2n) is 1.26. The molecule has 0 spiro atoms. The van der Waals surface area contributed by atoms with Gasteiger partial charge in [0.25, 0.3) is 0 Å². The van der Waals surface area contributed by atoms with Crippen LogP contribution in [0.25, 0.3) is 0 Å². The molecule has 0 saturated heterocycles. The van der Waals surface area contributed by atoms with Crippen molar-refractivity contribution in [2.24, 2.45) is 0 Å². The smallest absolute Gasteiger partial charge is 0.760 e. The minimum Gasteiger partial charge on any atom is -0.760 e. The summed E-state index contributed by atoms with van der Waals surface area (Å²) < 4.78 is 4.21. The average molecular weight is 290 g/mol. The van der Waals surface area contributed by atoms with Gasteiger partial charge in [-0.1, -0.05) is 9.24 Å². The summed E-state index contributed by atoms with van der Waals surface area (Å²) in [4.78, 5) is 0. The van der Waals surface area contributed by atoms with Crippen molar-refractivity contribution in [1.82, 2.24) is 4.37 Å². The van der Waals surface area contributed by atoms with E-state index in [0.29, 0.717) is 14.8 Å². The van der Waals surface area contributed by atoms with E-state index >= 15 is 0 Å². The summed E-state index contributed by atoms with van der Waals surface area (Å²) >= 11 is 10.5. The Morgan fingerprint density at radius 3 is 1.60 bits per heavy atom. The largest absolute Gasteiger partial charge is 1.00 e. The summed E-state index contributed by atoms with van der Waals surface area (Å²) in [6.45, 7) is 0. The number of nitrogens with zero attached hydrogens (tertiary/aromatic N) is 2. The van der Waals surface area contributed by atoms with Gasteiger partial charge in [0.1, 0.15) is 0 Å².